The van der Waals surface area contributed by atoms with Gasteiger partial charge in [-0.05, 0) is 0 Å². The lowest BCUT2D eigenvalue weighted by atomic mass is 10.9. The second kappa shape index (κ2) is 2.45. The molecule has 0 aliphatic rings. The molecule has 1 unspecified atom stereocenters. The zero-order chi connectivity index (χ0) is 4.28. The summed E-state index contributed by atoms with van der Waals surface area (Å²) in [5, 5.41) is 0. The molecule has 31 valence electrons. The van der Waals surface area contributed by atoms with Crippen molar-refractivity contribution in [2.45, 2.75) is 5.50 Å². The van der Waals surface area contributed by atoms with E-state index >= 15 is 0 Å². The number of alkyl halides is 2. The van der Waals surface area contributed by atoms with Gasteiger partial charge in [0.15, 0.2) is 5.50 Å². The Bertz CT molecular complexity index is 21.6. The highest BCUT2D eigenvalue weighted by atomic mass is 32.1. The molecule has 0 nitrogen and oxygen atoms in total. The molecular formula is C2H3F2S. The van der Waals surface area contributed by atoms with Crippen LogP contribution in [0.4, 0.5) is 8.78 Å². The highest BCUT2D eigenvalue weighted by Gasteiger charge is 1.92. The van der Waals surface area contributed by atoms with Gasteiger partial charge in [-0.1, -0.05) is 12.6 Å². The molecular weight excluding hydrogens is 94.1 g/mol. The third kappa shape index (κ3) is 4.21. The lowest BCUT2D eigenvalue weighted by Crippen LogP contribution is -1.86. The minimum atomic E-state index is -1.70. The van der Waals surface area contributed by atoms with Crippen LogP contribution in [0.5, 0.6) is 0 Å². The van der Waals surface area contributed by atoms with E-state index in [2.05, 4.69) is 12.6 Å². The van der Waals surface area contributed by atoms with Gasteiger partial charge in [-0.3, -0.25) is 0 Å². The van der Waals surface area contributed by atoms with E-state index < -0.39 is 12.2 Å². The molecule has 0 saturated carbocycles. The van der Waals surface area contributed by atoms with Gasteiger partial charge in [0.2, 0.25) is 0 Å². The number of hydrogen-bond donors (Lipinski definition) is 0. The zero-order valence-corrected chi connectivity index (χ0v) is 3.27. The van der Waals surface area contributed by atoms with Crippen molar-refractivity contribution >= 4 is 12.6 Å². The maximum atomic E-state index is 10.9. The smallest absolute Gasteiger partial charge is 0.183 e. The molecule has 0 N–H and O–H groups in total. The van der Waals surface area contributed by atoms with E-state index in [0.717, 1.165) is 0 Å². The first kappa shape index (κ1) is 5.21. The fourth-order valence-electron chi connectivity index (χ4n) is 0. The quantitative estimate of drug-likeness (QED) is 0.464. The average Bonchev–Trinajstić information content (AvgIpc) is 1.38. The van der Waals surface area contributed by atoms with Crippen LogP contribution in [0.1, 0.15) is 0 Å². The van der Waals surface area contributed by atoms with Crippen LogP contribution < -0.4 is 0 Å². The van der Waals surface area contributed by atoms with Crippen LogP contribution in [0, 0.1) is 0 Å². The van der Waals surface area contributed by atoms with Crippen molar-refractivity contribution in [3.8, 4) is 0 Å². The van der Waals surface area contributed by atoms with Crippen LogP contribution >= 0.6 is 12.6 Å². The Morgan fingerprint density at radius 3 is 2.00 bits per heavy atom. The van der Waals surface area contributed by atoms with Crippen LogP contribution in [-0.2, 0) is 0 Å². The molecule has 0 aliphatic heterocycles. The van der Waals surface area contributed by atoms with Gasteiger partial charge in [-0.15, -0.1) is 0 Å². The molecule has 1 atom stereocenters. The highest BCUT2D eigenvalue weighted by molar-refractivity contribution is 7.80. The number of hydrogen-bond acceptors (Lipinski definition) is 0. The van der Waals surface area contributed by atoms with Gasteiger partial charge < -0.3 is 0 Å². The Hall–Kier alpha value is 0.210. The number of rotatable bonds is 1. The SMILES string of the molecule is FCC(F)[S]. The van der Waals surface area contributed by atoms with Gasteiger partial charge in [0, 0.05) is 0 Å². The molecule has 0 aliphatic carbocycles. The van der Waals surface area contributed by atoms with E-state index in [1.807, 2.05) is 0 Å². The molecule has 0 bridgehead atoms. The van der Waals surface area contributed by atoms with E-state index in [0.29, 0.717) is 0 Å². The molecule has 1 radical (unpaired) electrons. The van der Waals surface area contributed by atoms with Crippen molar-refractivity contribution in [2.75, 3.05) is 6.67 Å². The molecule has 0 aromatic heterocycles. The van der Waals surface area contributed by atoms with Crippen molar-refractivity contribution in [1.29, 1.82) is 0 Å². The lowest BCUT2D eigenvalue weighted by molar-refractivity contribution is 0.351. The number of halogens is 2. The zero-order valence-electron chi connectivity index (χ0n) is 2.45. The third-order valence-corrected chi connectivity index (χ3v) is 0.247. The Balaban J connectivity index is 2.54. The summed E-state index contributed by atoms with van der Waals surface area (Å²) in [5.41, 5.74) is -1.70. The van der Waals surface area contributed by atoms with Gasteiger partial charge in [-0.25, -0.2) is 8.78 Å². The molecule has 0 fully saturated rings. The lowest BCUT2D eigenvalue weighted by Gasteiger charge is -1.80. The minimum absolute atomic E-state index is 1.05. The first-order valence-corrected chi connectivity index (χ1v) is 1.60. The van der Waals surface area contributed by atoms with Gasteiger partial charge in [0.25, 0.3) is 0 Å². The summed E-state index contributed by atoms with van der Waals surface area (Å²) < 4.78 is 21.5. The summed E-state index contributed by atoms with van der Waals surface area (Å²) in [6, 6.07) is 0. The van der Waals surface area contributed by atoms with E-state index in [1.54, 1.807) is 0 Å². The maximum absolute atomic E-state index is 10.9. The van der Waals surface area contributed by atoms with Gasteiger partial charge in [0.05, 0.1) is 0 Å². The monoisotopic (exact) mass is 97.0 g/mol. The summed E-state index contributed by atoms with van der Waals surface area (Å²) in [6.45, 7) is -1.05. The van der Waals surface area contributed by atoms with E-state index in [-0.39, 0.29) is 0 Å². The molecule has 5 heavy (non-hydrogen) atoms. The first-order valence-electron chi connectivity index (χ1n) is 1.13. The van der Waals surface area contributed by atoms with Gasteiger partial charge in [0.1, 0.15) is 6.67 Å². The Kier molecular flexibility index (Phi) is 2.55. The summed E-state index contributed by atoms with van der Waals surface area (Å²) in [7, 11) is 0. The van der Waals surface area contributed by atoms with Gasteiger partial charge >= 0.3 is 0 Å². The molecule has 0 amide bonds. The van der Waals surface area contributed by atoms with Crippen LogP contribution in [0.15, 0.2) is 0 Å². The molecule has 0 spiro atoms. The summed E-state index contributed by atoms with van der Waals surface area (Å²) in [6.07, 6.45) is 0. The first-order chi connectivity index (χ1) is 2.27. The second-order valence-electron chi connectivity index (χ2n) is 0.564. The second-order valence-corrected chi connectivity index (χ2v) is 1.08. The molecule has 3 heteroatoms. The van der Waals surface area contributed by atoms with E-state index in [1.165, 1.54) is 0 Å². The van der Waals surface area contributed by atoms with Gasteiger partial charge in [-0.2, -0.15) is 0 Å². The van der Waals surface area contributed by atoms with Crippen LogP contribution in [0.2, 0.25) is 0 Å². The molecule has 0 saturated heterocycles. The van der Waals surface area contributed by atoms with Crippen LogP contribution in [0.3, 0.4) is 0 Å². The molecule has 0 aromatic carbocycles. The minimum Gasteiger partial charge on any atom is -0.247 e. The summed E-state index contributed by atoms with van der Waals surface area (Å²) in [4.78, 5) is 0. The molecule has 0 aromatic rings. The topological polar surface area (TPSA) is 0 Å². The summed E-state index contributed by atoms with van der Waals surface area (Å²) in [5.74, 6) is 0. The summed E-state index contributed by atoms with van der Waals surface area (Å²) >= 11 is 3.74. The van der Waals surface area contributed by atoms with Crippen molar-refractivity contribution in [2.24, 2.45) is 0 Å². The Morgan fingerprint density at radius 2 is 2.00 bits per heavy atom. The fraction of sp³-hybridized carbons (Fsp3) is 1.00. The molecule has 0 rings (SSSR count). The van der Waals surface area contributed by atoms with Crippen LogP contribution in [-0.4, -0.2) is 12.2 Å². The highest BCUT2D eigenvalue weighted by Crippen LogP contribution is 1.93. The third-order valence-electron chi connectivity index (χ3n) is 0.121. The van der Waals surface area contributed by atoms with Crippen molar-refractivity contribution < 1.29 is 8.78 Å². The normalized spacial score (nSPS) is 15.0. The molecule has 0 heterocycles. The maximum Gasteiger partial charge on any atom is 0.183 e. The Labute approximate surface area is 34.6 Å². The van der Waals surface area contributed by atoms with Crippen molar-refractivity contribution in [3.05, 3.63) is 0 Å². The predicted octanol–water partition coefficient (Wildman–Crippen LogP) is 1.45. The standard InChI is InChI=1S/C2H3F2S/c3-1-2(4)5/h2H,1H2. The fourth-order valence-corrected chi connectivity index (χ4v) is 0. The van der Waals surface area contributed by atoms with Crippen molar-refractivity contribution in [1.82, 2.24) is 0 Å². The average molecular weight is 97.1 g/mol. The van der Waals surface area contributed by atoms with Crippen molar-refractivity contribution in [3.63, 3.8) is 0 Å². The Morgan fingerprint density at radius 1 is 1.80 bits per heavy atom. The van der Waals surface area contributed by atoms with E-state index in [4.69, 9.17) is 0 Å². The van der Waals surface area contributed by atoms with E-state index in [9.17, 15) is 8.78 Å². The predicted molar refractivity (Wildman–Crippen MR) is 18.5 cm³/mol. The van der Waals surface area contributed by atoms with Crippen LogP contribution in [0.25, 0.3) is 0 Å². The largest absolute Gasteiger partial charge is 0.247 e.